The van der Waals surface area contributed by atoms with Gasteiger partial charge in [-0.3, -0.25) is 0 Å². The average Bonchev–Trinajstić information content (AvgIpc) is 2.12. The van der Waals surface area contributed by atoms with Gasteiger partial charge in [-0.1, -0.05) is 20.8 Å². The second kappa shape index (κ2) is 5.54. The van der Waals surface area contributed by atoms with Gasteiger partial charge in [0, 0.05) is 0 Å². The van der Waals surface area contributed by atoms with Gasteiger partial charge < -0.3 is 20.4 Å². The predicted octanol–water partition coefficient (Wildman–Crippen LogP) is -0.504. The van der Waals surface area contributed by atoms with Crippen molar-refractivity contribution in [1.82, 2.24) is 0 Å². The third-order valence-corrected chi connectivity index (χ3v) is 2.20. The molecule has 0 unspecified atom stereocenters. The fourth-order valence-electron chi connectivity index (χ4n) is 1.07. The second-order valence-corrected chi connectivity index (χ2v) is 3.69. The van der Waals surface area contributed by atoms with Crippen molar-refractivity contribution < 1.29 is 20.4 Å². The molecule has 4 atom stereocenters. The van der Waals surface area contributed by atoms with Crippen molar-refractivity contribution in [3.63, 3.8) is 0 Å². The first kappa shape index (κ1) is 12.8. The summed E-state index contributed by atoms with van der Waals surface area (Å²) >= 11 is 0. The molecule has 0 saturated heterocycles. The third-order valence-electron chi connectivity index (χ3n) is 2.20. The molecule has 0 aromatic rings. The van der Waals surface area contributed by atoms with E-state index in [9.17, 15) is 20.4 Å². The summed E-state index contributed by atoms with van der Waals surface area (Å²) < 4.78 is 0. The van der Waals surface area contributed by atoms with E-state index >= 15 is 0 Å². The topological polar surface area (TPSA) is 80.9 Å². The van der Waals surface area contributed by atoms with Gasteiger partial charge in [-0.15, -0.1) is 0 Å². The molecule has 0 radical (unpaired) electrons. The quantitative estimate of drug-likeness (QED) is 0.473. The Morgan fingerprint density at radius 3 is 1.62 bits per heavy atom. The van der Waals surface area contributed by atoms with Gasteiger partial charge in [0.05, 0.1) is 12.2 Å². The van der Waals surface area contributed by atoms with E-state index in [4.69, 9.17) is 0 Å². The van der Waals surface area contributed by atoms with Crippen LogP contribution in [-0.2, 0) is 0 Å². The lowest BCUT2D eigenvalue weighted by atomic mass is 9.94. The Balaban J connectivity index is 4.15. The van der Waals surface area contributed by atoms with Crippen molar-refractivity contribution in [1.29, 1.82) is 0 Å². The Hall–Kier alpha value is -0.160. The SMILES string of the molecule is CC[C@@H](O)[C@H](O)[C@H](O)[C@@H](O)C(C)C. The van der Waals surface area contributed by atoms with E-state index in [0.29, 0.717) is 6.42 Å². The Kier molecular flexibility index (Phi) is 5.48. The highest BCUT2D eigenvalue weighted by Gasteiger charge is 2.30. The molecule has 0 spiro atoms. The Morgan fingerprint density at radius 2 is 1.31 bits per heavy atom. The Bertz CT molecular complexity index is 138. The lowest BCUT2D eigenvalue weighted by Gasteiger charge is -2.27. The molecule has 4 N–H and O–H groups in total. The molecule has 0 aliphatic carbocycles. The Labute approximate surface area is 78.8 Å². The first-order valence-electron chi connectivity index (χ1n) is 4.64. The van der Waals surface area contributed by atoms with E-state index in [2.05, 4.69) is 0 Å². The van der Waals surface area contributed by atoms with Crippen LogP contribution >= 0.6 is 0 Å². The zero-order valence-corrected chi connectivity index (χ0v) is 8.38. The van der Waals surface area contributed by atoms with Gasteiger partial charge in [0.15, 0.2) is 0 Å². The largest absolute Gasteiger partial charge is 0.390 e. The number of aliphatic hydroxyl groups is 4. The smallest absolute Gasteiger partial charge is 0.108 e. The van der Waals surface area contributed by atoms with Crippen LogP contribution in [0.5, 0.6) is 0 Å². The molecule has 0 heterocycles. The van der Waals surface area contributed by atoms with Crippen molar-refractivity contribution in [3.05, 3.63) is 0 Å². The van der Waals surface area contributed by atoms with E-state index in [1.165, 1.54) is 0 Å². The summed E-state index contributed by atoms with van der Waals surface area (Å²) in [6, 6.07) is 0. The van der Waals surface area contributed by atoms with Crippen LogP contribution in [-0.4, -0.2) is 44.8 Å². The summed E-state index contributed by atoms with van der Waals surface area (Å²) in [6.07, 6.45) is -4.19. The van der Waals surface area contributed by atoms with Crippen LogP contribution in [0.3, 0.4) is 0 Å². The maximum Gasteiger partial charge on any atom is 0.108 e. The van der Waals surface area contributed by atoms with Gasteiger partial charge in [0.25, 0.3) is 0 Å². The molecular weight excluding hydrogens is 172 g/mol. The van der Waals surface area contributed by atoms with Gasteiger partial charge in [-0.2, -0.15) is 0 Å². The first-order valence-corrected chi connectivity index (χ1v) is 4.64. The van der Waals surface area contributed by atoms with Gasteiger partial charge in [0.2, 0.25) is 0 Å². The van der Waals surface area contributed by atoms with E-state index in [1.807, 2.05) is 0 Å². The summed E-state index contributed by atoms with van der Waals surface area (Å²) in [7, 11) is 0. The number of rotatable bonds is 5. The minimum absolute atomic E-state index is 0.145. The van der Waals surface area contributed by atoms with Crippen molar-refractivity contribution in [2.45, 2.75) is 51.6 Å². The predicted molar refractivity (Wildman–Crippen MR) is 49.2 cm³/mol. The van der Waals surface area contributed by atoms with Crippen molar-refractivity contribution in [2.24, 2.45) is 5.92 Å². The van der Waals surface area contributed by atoms with Crippen LogP contribution in [0.15, 0.2) is 0 Å². The number of hydrogen-bond acceptors (Lipinski definition) is 4. The molecule has 0 aromatic heterocycles. The molecule has 13 heavy (non-hydrogen) atoms. The lowest BCUT2D eigenvalue weighted by Crippen LogP contribution is -2.46. The fourth-order valence-corrected chi connectivity index (χ4v) is 1.07. The molecule has 0 bridgehead atoms. The highest BCUT2D eigenvalue weighted by Crippen LogP contribution is 2.13. The number of aliphatic hydroxyl groups excluding tert-OH is 4. The molecule has 0 amide bonds. The molecule has 0 fully saturated rings. The van der Waals surface area contributed by atoms with E-state index in [0.717, 1.165) is 0 Å². The molecule has 0 aliphatic rings. The monoisotopic (exact) mass is 192 g/mol. The molecule has 0 aliphatic heterocycles. The zero-order valence-electron chi connectivity index (χ0n) is 8.38. The maximum atomic E-state index is 9.40. The molecular formula is C9H20O4. The average molecular weight is 192 g/mol. The summed E-state index contributed by atoms with van der Waals surface area (Å²) in [5.41, 5.74) is 0. The maximum absolute atomic E-state index is 9.40. The van der Waals surface area contributed by atoms with Gasteiger partial charge in [-0.25, -0.2) is 0 Å². The highest BCUT2D eigenvalue weighted by atomic mass is 16.4. The minimum Gasteiger partial charge on any atom is -0.390 e. The fraction of sp³-hybridized carbons (Fsp3) is 1.00. The van der Waals surface area contributed by atoms with Crippen LogP contribution in [0.1, 0.15) is 27.2 Å². The molecule has 0 rings (SSSR count). The van der Waals surface area contributed by atoms with Crippen LogP contribution in [0.25, 0.3) is 0 Å². The normalized spacial score (nSPS) is 21.2. The van der Waals surface area contributed by atoms with Crippen LogP contribution in [0, 0.1) is 5.92 Å². The third kappa shape index (κ3) is 3.60. The summed E-state index contributed by atoms with van der Waals surface area (Å²) in [5, 5.41) is 37.3. The van der Waals surface area contributed by atoms with Gasteiger partial charge in [-0.05, 0) is 12.3 Å². The standard InChI is InChI=1S/C9H20O4/c1-4-6(10)8(12)9(13)7(11)5(2)3/h5-13H,4H2,1-3H3/t6-,7+,8+,9-/m1/s1. The van der Waals surface area contributed by atoms with Gasteiger partial charge in [0.1, 0.15) is 12.2 Å². The van der Waals surface area contributed by atoms with E-state index in [-0.39, 0.29) is 5.92 Å². The van der Waals surface area contributed by atoms with Crippen molar-refractivity contribution in [2.75, 3.05) is 0 Å². The van der Waals surface area contributed by atoms with Crippen molar-refractivity contribution >= 4 is 0 Å². The van der Waals surface area contributed by atoms with Crippen LogP contribution < -0.4 is 0 Å². The first-order chi connectivity index (χ1) is 5.91. The van der Waals surface area contributed by atoms with Gasteiger partial charge >= 0.3 is 0 Å². The highest BCUT2D eigenvalue weighted by molar-refractivity contribution is 4.81. The van der Waals surface area contributed by atoms with E-state index in [1.54, 1.807) is 20.8 Å². The lowest BCUT2D eigenvalue weighted by molar-refractivity contribution is -0.115. The number of hydrogen-bond donors (Lipinski definition) is 4. The minimum atomic E-state index is -1.28. The molecule has 4 heteroatoms. The summed E-state index contributed by atoms with van der Waals surface area (Å²) in [6.45, 7) is 5.17. The van der Waals surface area contributed by atoms with Crippen LogP contribution in [0.2, 0.25) is 0 Å². The zero-order chi connectivity index (χ0) is 10.6. The molecule has 4 nitrogen and oxygen atoms in total. The van der Waals surface area contributed by atoms with Crippen LogP contribution in [0.4, 0.5) is 0 Å². The summed E-state index contributed by atoms with van der Waals surface area (Å²) in [4.78, 5) is 0. The van der Waals surface area contributed by atoms with E-state index < -0.39 is 24.4 Å². The molecule has 80 valence electrons. The second-order valence-electron chi connectivity index (χ2n) is 3.69. The van der Waals surface area contributed by atoms with Crippen molar-refractivity contribution in [3.8, 4) is 0 Å². The molecule has 0 aromatic carbocycles. The summed E-state index contributed by atoms with van der Waals surface area (Å²) in [5.74, 6) is -0.145. The Morgan fingerprint density at radius 1 is 0.846 bits per heavy atom. The molecule has 0 saturated carbocycles.